The lowest BCUT2D eigenvalue weighted by atomic mass is 10.1. The third kappa shape index (κ3) is 5.24. The van der Waals surface area contributed by atoms with E-state index in [0.29, 0.717) is 6.42 Å². The lowest BCUT2D eigenvalue weighted by Crippen LogP contribution is -2.46. The highest BCUT2D eigenvalue weighted by Gasteiger charge is 2.42. The van der Waals surface area contributed by atoms with E-state index in [1.54, 1.807) is 0 Å². The van der Waals surface area contributed by atoms with Crippen LogP contribution in [0.1, 0.15) is 37.6 Å². The summed E-state index contributed by atoms with van der Waals surface area (Å²) in [7, 11) is 0.687. The number of carbonyl (C=O) groups excluding carboxylic acids is 2. The Hall–Kier alpha value is -2.46. The molecule has 0 spiro atoms. The molecule has 0 N–H and O–H groups in total. The van der Waals surface area contributed by atoms with Crippen LogP contribution in [0.5, 0.6) is 11.5 Å². The Labute approximate surface area is 183 Å². The summed E-state index contributed by atoms with van der Waals surface area (Å²) >= 11 is 0. The predicted octanol–water partition coefficient (Wildman–Crippen LogP) is 3.66. The molecular weight excluding hydrogens is 420 g/mol. The number of carbonyl (C=O) groups is 2. The molecule has 1 saturated heterocycles. The standard InChI is InChI=1S/C21H32N2O7Si/c1-21(2,3)31(6,7)30-13-15-8-14(12-24)11-22(15)20(25)16-9-18(28-4)19(29-5)10-17(16)23(26)27/h9-10,12,14-15H,8,11,13H2,1-7H3/t14?,15-/m0/s1. The molecular formula is C21H32N2O7Si. The Kier molecular flexibility index (Phi) is 7.48. The topological polar surface area (TPSA) is 108 Å². The Morgan fingerprint density at radius 2 is 1.84 bits per heavy atom. The third-order valence-corrected chi connectivity index (χ3v) is 10.8. The monoisotopic (exact) mass is 452 g/mol. The highest BCUT2D eigenvalue weighted by Crippen LogP contribution is 2.39. The molecule has 10 heteroatoms. The average Bonchev–Trinajstić information content (AvgIpc) is 3.13. The number of hydrogen-bond acceptors (Lipinski definition) is 7. The first-order valence-corrected chi connectivity index (χ1v) is 13.1. The average molecular weight is 453 g/mol. The van der Waals surface area contributed by atoms with Crippen LogP contribution in [-0.4, -0.2) is 63.7 Å². The molecule has 172 valence electrons. The highest BCUT2D eigenvalue weighted by molar-refractivity contribution is 6.74. The molecule has 31 heavy (non-hydrogen) atoms. The zero-order chi connectivity index (χ0) is 23.6. The third-order valence-electron chi connectivity index (χ3n) is 6.27. The van der Waals surface area contributed by atoms with Crippen molar-refractivity contribution in [1.82, 2.24) is 4.90 Å². The molecule has 1 aromatic carbocycles. The van der Waals surface area contributed by atoms with Gasteiger partial charge in [-0.25, -0.2) is 0 Å². The SMILES string of the molecule is COc1cc(C(=O)N2CC(C=O)C[C@H]2CO[Si](C)(C)C(C)(C)C)c([N+](=O)[O-])cc1OC. The minimum absolute atomic E-state index is 0.00730. The van der Waals surface area contributed by atoms with Crippen molar-refractivity contribution in [2.24, 2.45) is 5.92 Å². The molecule has 1 unspecified atom stereocenters. The molecule has 1 amide bonds. The second kappa shape index (κ2) is 9.35. The van der Waals surface area contributed by atoms with Crippen LogP contribution in [0.4, 0.5) is 5.69 Å². The van der Waals surface area contributed by atoms with Crippen molar-refractivity contribution in [2.45, 2.75) is 51.4 Å². The van der Waals surface area contributed by atoms with Gasteiger partial charge in [-0.1, -0.05) is 20.8 Å². The smallest absolute Gasteiger partial charge is 0.286 e. The largest absolute Gasteiger partial charge is 0.493 e. The lowest BCUT2D eigenvalue weighted by molar-refractivity contribution is -0.385. The van der Waals surface area contributed by atoms with Gasteiger partial charge in [0, 0.05) is 18.5 Å². The first-order valence-electron chi connectivity index (χ1n) is 10.2. The second-order valence-electron chi connectivity index (χ2n) is 9.30. The zero-order valence-electron chi connectivity index (χ0n) is 19.3. The summed E-state index contributed by atoms with van der Waals surface area (Å²) < 4.78 is 16.7. The number of nitrogens with zero attached hydrogens (tertiary/aromatic N) is 2. The van der Waals surface area contributed by atoms with E-state index in [2.05, 4.69) is 33.9 Å². The summed E-state index contributed by atoms with van der Waals surface area (Å²) in [5.74, 6) is -0.482. The normalized spacial score (nSPS) is 19.3. The molecule has 1 fully saturated rings. The number of nitro benzene ring substituents is 1. The van der Waals surface area contributed by atoms with Crippen molar-refractivity contribution in [3.05, 3.63) is 27.8 Å². The van der Waals surface area contributed by atoms with E-state index >= 15 is 0 Å². The first-order chi connectivity index (χ1) is 14.4. The lowest BCUT2D eigenvalue weighted by Gasteiger charge is -2.38. The Balaban J connectivity index is 2.39. The van der Waals surface area contributed by atoms with E-state index in [-0.39, 0.29) is 52.9 Å². The fourth-order valence-electron chi connectivity index (χ4n) is 3.32. The van der Waals surface area contributed by atoms with Gasteiger partial charge in [0.1, 0.15) is 11.8 Å². The van der Waals surface area contributed by atoms with Crippen LogP contribution in [0.2, 0.25) is 18.1 Å². The molecule has 2 atom stereocenters. The number of rotatable bonds is 8. The molecule has 9 nitrogen and oxygen atoms in total. The molecule has 0 aromatic heterocycles. The second-order valence-corrected chi connectivity index (χ2v) is 14.1. The van der Waals surface area contributed by atoms with Gasteiger partial charge in [-0.05, 0) is 24.6 Å². The van der Waals surface area contributed by atoms with Gasteiger partial charge in [-0.2, -0.15) is 0 Å². The maximum absolute atomic E-state index is 13.4. The predicted molar refractivity (Wildman–Crippen MR) is 118 cm³/mol. The highest BCUT2D eigenvalue weighted by atomic mass is 28.4. The van der Waals surface area contributed by atoms with Crippen molar-refractivity contribution in [3.8, 4) is 11.5 Å². The summed E-state index contributed by atoms with van der Waals surface area (Å²) in [5, 5.41) is 11.6. The molecule has 1 aliphatic heterocycles. The Morgan fingerprint density at radius 1 is 1.26 bits per heavy atom. The number of hydrogen-bond donors (Lipinski definition) is 0. The van der Waals surface area contributed by atoms with Crippen LogP contribution in [0.3, 0.4) is 0 Å². The number of likely N-dealkylation sites (tertiary alicyclic amines) is 1. The van der Waals surface area contributed by atoms with Crippen LogP contribution >= 0.6 is 0 Å². The first kappa shape index (κ1) is 24.8. The van der Waals surface area contributed by atoms with Crippen molar-refractivity contribution in [3.63, 3.8) is 0 Å². The van der Waals surface area contributed by atoms with E-state index in [1.165, 1.54) is 31.3 Å². The Bertz CT molecular complexity index is 851. The molecule has 0 aliphatic carbocycles. The van der Waals surface area contributed by atoms with Crippen molar-refractivity contribution in [2.75, 3.05) is 27.4 Å². The molecule has 1 aliphatic rings. The van der Waals surface area contributed by atoms with Crippen molar-refractivity contribution < 1.29 is 28.4 Å². The van der Waals surface area contributed by atoms with Crippen LogP contribution < -0.4 is 9.47 Å². The molecule has 2 rings (SSSR count). The quantitative estimate of drug-likeness (QED) is 0.256. The summed E-state index contributed by atoms with van der Waals surface area (Å²) in [6.07, 6.45) is 1.29. The fourth-order valence-corrected chi connectivity index (χ4v) is 4.37. The Morgan fingerprint density at radius 3 is 2.32 bits per heavy atom. The fraction of sp³-hybridized carbons (Fsp3) is 0.619. The van der Waals surface area contributed by atoms with Gasteiger partial charge in [-0.3, -0.25) is 14.9 Å². The number of amides is 1. The van der Waals surface area contributed by atoms with E-state index < -0.39 is 19.1 Å². The number of ether oxygens (including phenoxy) is 2. The van der Waals surface area contributed by atoms with Crippen LogP contribution in [0.15, 0.2) is 12.1 Å². The van der Waals surface area contributed by atoms with Crippen molar-refractivity contribution >= 4 is 26.2 Å². The van der Waals surface area contributed by atoms with Crippen LogP contribution in [0.25, 0.3) is 0 Å². The number of methoxy groups -OCH3 is 2. The summed E-state index contributed by atoms with van der Waals surface area (Å²) in [5.41, 5.74) is -0.479. The van der Waals surface area contributed by atoms with Gasteiger partial charge in [0.15, 0.2) is 19.8 Å². The van der Waals surface area contributed by atoms with Gasteiger partial charge in [0.05, 0.1) is 37.9 Å². The van der Waals surface area contributed by atoms with E-state index in [9.17, 15) is 19.7 Å². The molecule has 0 radical (unpaired) electrons. The van der Waals surface area contributed by atoms with Gasteiger partial charge in [0.2, 0.25) is 0 Å². The van der Waals surface area contributed by atoms with Gasteiger partial charge < -0.3 is 23.6 Å². The molecule has 0 saturated carbocycles. The molecule has 1 aromatic rings. The summed E-state index contributed by atoms with van der Waals surface area (Å²) in [6, 6.07) is 2.16. The summed E-state index contributed by atoms with van der Waals surface area (Å²) in [4.78, 5) is 37.4. The minimum atomic E-state index is -2.08. The van der Waals surface area contributed by atoms with Crippen molar-refractivity contribution in [1.29, 1.82) is 0 Å². The van der Waals surface area contributed by atoms with E-state index in [0.717, 1.165) is 6.29 Å². The molecule has 1 heterocycles. The van der Waals surface area contributed by atoms with Crippen LogP contribution in [0, 0.1) is 16.0 Å². The van der Waals surface area contributed by atoms with Gasteiger partial charge in [0.25, 0.3) is 11.6 Å². The number of nitro groups is 1. The molecule has 0 bridgehead atoms. The van der Waals surface area contributed by atoms with Crippen LogP contribution in [-0.2, 0) is 9.22 Å². The van der Waals surface area contributed by atoms with E-state index in [4.69, 9.17) is 13.9 Å². The van der Waals surface area contributed by atoms with E-state index in [1.807, 2.05) is 0 Å². The zero-order valence-corrected chi connectivity index (χ0v) is 20.3. The maximum Gasteiger partial charge on any atom is 0.286 e. The maximum atomic E-state index is 13.4. The van der Waals surface area contributed by atoms with Gasteiger partial charge >= 0.3 is 0 Å². The van der Waals surface area contributed by atoms with Gasteiger partial charge in [-0.15, -0.1) is 0 Å². The minimum Gasteiger partial charge on any atom is -0.493 e. The number of aldehydes is 1. The number of benzene rings is 1. The summed E-state index contributed by atoms with van der Waals surface area (Å²) in [6.45, 7) is 11.1.